The number of halogens is 1. The second-order valence-electron chi connectivity index (χ2n) is 8.02. The maximum absolute atomic E-state index is 13.7. The van der Waals surface area contributed by atoms with Crippen molar-refractivity contribution in [2.24, 2.45) is 0 Å². The molecule has 0 amide bonds. The van der Waals surface area contributed by atoms with Crippen LogP contribution >= 0.6 is 0 Å². The van der Waals surface area contributed by atoms with E-state index in [2.05, 4.69) is 0 Å². The fraction of sp³-hybridized carbons (Fsp3) is 0.364. The summed E-state index contributed by atoms with van der Waals surface area (Å²) >= 11 is 0. The first-order chi connectivity index (χ1) is 13.9. The minimum atomic E-state index is -3.78. The van der Waals surface area contributed by atoms with E-state index in [0.29, 0.717) is 18.4 Å². The Balaban J connectivity index is 1.58. The molecule has 5 rings (SSSR count). The quantitative estimate of drug-likeness (QED) is 0.779. The molecule has 0 aromatic heterocycles. The zero-order valence-corrected chi connectivity index (χ0v) is 16.5. The van der Waals surface area contributed by atoms with E-state index in [4.69, 9.17) is 4.74 Å². The summed E-state index contributed by atoms with van der Waals surface area (Å²) in [5.74, 6) is -0.417. The second kappa shape index (κ2) is 6.74. The van der Waals surface area contributed by atoms with Crippen LogP contribution in [0.3, 0.4) is 0 Å². The van der Waals surface area contributed by atoms with Crippen LogP contribution in [-0.4, -0.2) is 46.9 Å². The van der Waals surface area contributed by atoms with E-state index in [1.54, 1.807) is 18.2 Å². The third-order valence-corrected chi connectivity index (χ3v) is 8.61. The van der Waals surface area contributed by atoms with Crippen LogP contribution in [0.4, 0.5) is 4.39 Å². The molecule has 2 aromatic carbocycles. The molecule has 2 saturated heterocycles. The number of aliphatic hydroxyl groups excluding tert-OH is 1. The number of rotatable bonds is 4. The van der Waals surface area contributed by atoms with Crippen molar-refractivity contribution in [3.05, 3.63) is 83.7 Å². The molecule has 1 spiro atoms. The van der Waals surface area contributed by atoms with Crippen molar-refractivity contribution in [3.8, 4) is 0 Å². The Morgan fingerprint density at radius 1 is 1.14 bits per heavy atom. The molecule has 29 heavy (non-hydrogen) atoms. The van der Waals surface area contributed by atoms with Crippen LogP contribution in [0.15, 0.2) is 66.7 Å². The smallest absolute Gasteiger partial charge is 0.221 e. The highest BCUT2D eigenvalue weighted by atomic mass is 32.2. The van der Waals surface area contributed by atoms with Crippen molar-refractivity contribution >= 4 is 10.0 Å². The molecule has 0 radical (unpaired) electrons. The van der Waals surface area contributed by atoms with E-state index in [1.165, 1.54) is 16.4 Å². The fourth-order valence-electron chi connectivity index (χ4n) is 4.92. The summed E-state index contributed by atoms with van der Waals surface area (Å²) in [5.41, 5.74) is 0.262. The summed E-state index contributed by atoms with van der Waals surface area (Å²) in [6.45, 7) is 0.00954. The maximum Gasteiger partial charge on any atom is 0.221 e. The zero-order valence-electron chi connectivity index (χ0n) is 15.7. The molecule has 3 heterocycles. The number of ether oxygens (including phenoxy) is 1. The summed E-state index contributed by atoms with van der Waals surface area (Å²) in [5, 5.41) is 10.5. The van der Waals surface area contributed by atoms with E-state index in [9.17, 15) is 17.9 Å². The van der Waals surface area contributed by atoms with Gasteiger partial charge in [-0.05, 0) is 36.1 Å². The first-order valence-electron chi connectivity index (χ1n) is 9.74. The lowest BCUT2D eigenvalue weighted by atomic mass is 9.83. The molecule has 3 aliphatic heterocycles. The van der Waals surface area contributed by atoms with Crippen molar-refractivity contribution in [1.82, 2.24) is 4.31 Å². The number of benzene rings is 2. The van der Waals surface area contributed by atoms with Crippen molar-refractivity contribution in [2.45, 2.75) is 48.5 Å². The van der Waals surface area contributed by atoms with Crippen LogP contribution in [0.25, 0.3) is 0 Å². The van der Waals surface area contributed by atoms with Gasteiger partial charge in [-0.1, -0.05) is 54.6 Å². The minimum absolute atomic E-state index is 0.00954. The van der Waals surface area contributed by atoms with Gasteiger partial charge in [0.05, 0.1) is 12.1 Å². The largest absolute Gasteiger partial charge is 0.388 e. The highest BCUT2D eigenvalue weighted by Gasteiger charge is 2.66. The molecule has 152 valence electrons. The predicted octanol–water partition coefficient (Wildman–Crippen LogP) is 2.41. The molecule has 2 fully saturated rings. The third kappa shape index (κ3) is 2.95. The van der Waals surface area contributed by atoms with Gasteiger partial charge in [-0.15, -0.1) is 0 Å². The molecule has 5 nitrogen and oxygen atoms in total. The molecule has 0 saturated carbocycles. The van der Waals surface area contributed by atoms with Crippen LogP contribution in [0.5, 0.6) is 0 Å². The molecule has 2 aromatic rings. The maximum atomic E-state index is 13.7. The van der Waals surface area contributed by atoms with Gasteiger partial charge in [0.2, 0.25) is 10.0 Å². The van der Waals surface area contributed by atoms with Crippen LogP contribution in [0, 0.1) is 5.82 Å². The van der Waals surface area contributed by atoms with Crippen LogP contribution in [0.1, 0.15) is 17.5 Å². The Morgan fingerprint density at radius 2 is 1.90 bits per heavy atom. The summed E-state index contributed by atoms with van der Waals surface area (Å²) in [6, 6.07) is 14.7. The van der Waals surface area contributed by atoms with Gasteiger partial charge in [-0.3, -0.25) is 0 Å². The van der Waals surface area contributed by atoms with Crippen molar-refractivity contribution in [2.75, 3.05) is 0 Å². The third-order valence-electron chi connectivity index (χ3n) is 6.27. The Hall–Kier alpha value is -2.06. The Labute approximate surface area is 169 Å². The van der Waals surface area contributed by atoms with Gasteiger partial charge in [-0.25, -0.2) is 12.8 Å². The van der Waals surface area contributed by atoms with E-state index in [-0.39, 0.29) is 12.6 Å². The Bertz CT molecular complexity index is 1060. The van der Waals surface area contributed by atoms with E-state index in [0.717, 1.165) is 5.56 Å². The summed E-state index contributed by atoms with van der Waals surface area (Å²) in [7, 11) is -3.78. The Morgan fingerprint density at radius 3 is 2.62 bits per heavy atom. The number of nitrogens with zero attached hydrogens (tertiary/aromatic N) is 1. The van der Waals surface area contributed by atoms with Crippen LogP contribution in [0.2, 0.25) is 0 Å². The molecule has 2 bridgehead atoms. The standard InChI is InChI=1S/C22H22FNO4S/c23-17-8-4-7-16(11-17)14-24-19(12-15-5-2-1-3-6-15)21(25)22-10-9-18(28-22)13-20(22)29(24,26)27/h1-11,18-21,25H,12-14H2/t18-,19+,20-,21-,22+/m0/s1. The van der Waals surface area contributed by atoms with Crippen LogP contribution in [-0.2, 0) is 27.7 Å². The van der Waals surface area contributed by atoms with Gasteiger partial charge in [0.1, 0.15) is 22.8 Å². The molecule has 5 atom stereocenters. The Kier molecular flexibility index (Phi) is 4.40. The van der Waals surface area contributed by atoms with E-state index < -0.39 is 38.8 Å². The van der Waals surface area contributed by atoms with Crippen molar-refractivity contribution in [3.63, 3.8) is 0 Å². The highest BCUT2D eigenvalue weighted by Crippen LogP contribution is 2.50. The number of fused-ring (bicyclic) bond motifs is 1. The summed E-state index contributed by atoms with van der Waals surface area (Å²) in [6.07, 6.45) is 2.92. The molecular formula is C22H22FNO4S. The SMILES string of the molecule is O=S1(=O)[C@H]2C[C@@H]3C=C[C@]2(O3)[C@@H](O)[C@@H](Cc2ccccc2)N1Cc1cccc(F)c1. The normalized spacial score (nSPS) is 35.0. The lowest BCUT2D eigenvalue weighted by Gasteiger charge is -2.49. The molecule has 0 aliphatic carbocycles. The molecule has 0 unspecified atom stereocenters. The second-order valence-corrected chi connectivity index (χ2v) is 10.1. The average Bonchev–Trinajstić information content (AvgIpc) is 3.30. The lowest BCUT2D eigenvalue weighted by molar-refractivity contribution is -0.0939. The van der Waals surface area contributed by atoms with Crippen molar-refractivity contribution < 1.29 is 22.7 Å². The van der Waals surface area contributed by atoms with Crippen LogP contribution < -0.4 is 0 Å². The molecule has 3 aliphatic rings. The van der Waals surface area contributed by atoms with Gasteiger partial charge in [-0.2, -0.15) is 4.31 Å². The molecule has 1 N–H and O–H groups in total. The van der Waals surface area contributed by atoms with Gasteiger partial charge in [0, 0.05) is 6.54 Å². The van der Waals surface area contributed by atoms with Gasteiger partial charge in [0.15, 0.2) is 0 Å². The first-order valence-corrected chi connectivity index (χ1v) is 11.2. The first kappa shape index (κ1) is 18.9. The van der Waals surface area contributed by atoms with E-state index in [1.807, 2.05) is 36.4 Å². The highest BCUT2D eigenvalue weighted by molar-refractivity contribution is 7.89. The topological polar surface area (TPSA) is 66.8 Å². The summed E-state index contributed by atoms with van der Waals surface area (Å²) in [4.78, 5) is 0. The minimum Gasteiger partial charge on any atom is -0.388 e. The number of sulfonamides is 1. The number of hydrogen-bond donors (Lipinski definition) is 1. The molecule has 7 heteroatoms. The number of aliphatic hydroxyl groups is 1. The lowest BCUT2D eigenvalue weighted by Crippen LogP contribution is -2.68. The monoisotopic (exact) mass is 415 g/mol. The fourth-order valence-corrected chi connectivity index (χ4v) is 7.31. The van der Waals surface area contributed by atoms with Gasteiger partial charge < -0.3 is 9.84 Å². The van der Waals surface area contributed by atoms with Gasteiger partial charge >= 0.3 is 0 Å². The molecular weight excluding hydrogens is 393 g/mol. The number of hydrogen-bond acceptors (Lipinski definition) is 4. The average molecular weight is 415 g/mol. The van der Waals surface area contributed by atoms with Crippen molar-refractivity contribution in [1.29, 1.82) is 0 Å². The predicted molar refractivity (Wildman–Crippen MR) is 106 cm³/mol. The summed E-state index contributed by atoms with van der Waals surface area (Å²) < 4.78 is 48.3. The zero-order chi connectivity index (χ0) is 20.2. The van der Waals surface area contributed by atoms with Gasteiger partial charge in [0.25, 0.3) is 0 Å². The van der Waals surface area contributed by atoms with E-state index >= 15 is 0 Å².